The Labute approximate surface area is 218 Å². The lowest BCUT2D eigenvalue weighted by Gasteiger charge is -2.31. The lowest BCUT2D eigenvalue weighted by molar-refractivity contribution is -0.150. The summed E-state index contributed by atoms with van der Waals surface area (Å²) in [5.41, 5.74) is 1.11. The van der Waals surface area contributed by atoms with Gasteiger partial charge < -0.3 is 24.8 Å². The number of rotatable bonds is 9. The zero-order valence-corrected chi connectivity index (χ0v) is 21.2. The van der Waals surface area contributed by atoms with Gasteiger partial charge in [0.25, 0.3) is 0 Å². The van der Waals surface area contributed by atoms with Crippen LogP contribution in [0.15, 0.2) is 59.1 Å². The second-order valence-electron chi connectivity index (χ2n) is 7.70. The van der Waals surface area contributed by atoms with Gasteiger partial charge in [-0.3, -0.25) is 14.4 Å². The number of allylic oxidation sites excluding steroid dienone is 1. The maximum Gasteiger partial charge on any atom is 0.339 e. The summed E-state index contributed by atoms with van der Waals surface area (Å²) in [6, 6.07) is 15.2. The van der Waals surface area contributed by atoms with Crippen LogP contribution in [0.2, 0.25) is 0 Å². The van der Waals surface area contributed by atoms with Gasteiger partial charge in [-0.25, -0.2) is 4.79 Å². The highest BCUT2D eigenvalue weighted by molar-refractivity contribution is 8.03. The Kier molecular flexibility index (Phi) is 9.29. The number of nitriles is 1. The van der Waals surface area contributed by atoms with Crippen molar-refractivity contribution in [3.05, 3.63) is 70.3 Å². The molecule has 3 rings (SSSR count). The van der Waals surface area contributed by atoms with E-state index in [0.29, 0.717) is 17.9 Å². The molecule has 2 aromatic carbocycles. The van der Waals surface area contributed by atoms with Crippen LogP contribution >= 0.6 is 11.8 Å². The summed E-state index contributed by atoms with van der Waals surface area (Å²) in [4.78, 5) is 50.1. The number of esters is 2. The number of ether oxygens (including phenoxy) is 3. The predicted molar refractivity (Wildman–Crippen MR) is 136 cm³/mol. The SMILES string of the molecule is CCOc1ccc([C@H]2C(C#N)=C(SCC(=O)Nc3ccccc3C(=O)OC)NC(=O)[C@H]2C(=O)OC)cc1. The van der Waals surface area contributed by atoms with Crippen molar-refractivity contribution in [2.24, 2.45) is 5.92 Å². The van der Waals surface area contributed by atoms with Crippen molar-refractivity contribution in [3.8, 4) is 11.8 Å². The molecule has 0 aliphatic carbocycles. The maximum atomic E-state index is 13.0. The highest BCUT2D eigenvalue weighted by Gasteiger charge is 2.44. The number of thioether (sulfide) groups is 1. The minimum absolute atomic E-state index is 0.118. The highest BCUT2D eigenvalue weighted by atomic mass is 32.2. The van der Waals surface area contributed by atoms with E-state index in [2.05, 4.69) is 16.7 Å². The number of hydrogen-bond acceptors (Lipinski definition) is 9. The molecule has 1 aliphatic rings. The van der Waals surface area contributed by atoms with Crippen molar-refractivity contribution in [2.75, 3.05) is 31.9 Å². The van der Waals surface area contributed by atoms with E-state index in [4.69, 9.17) is 14.2 Å². The Morgan fingerprint density at radius 2 is 1.78 bits per heavy atom. The molecule has 1 aliphatic heterocycles. The normalized spacial score (nSPS) is 16.8. The minimum atomic E-state index is -1.29. The van der Waals surface area contributed by atoms with Crippen LogP contribution in [0.3, 0.4) is 0 Å². The first-order valence-corrected chi connectivity index (χ1v) is 12.2. The number of amides is 2. The third-order valence-electron chi connectivity index (χ3n) is 5.49. The summed E-state index contributed by atoms with van der Waals surface area (Å²) in [6.07, 6.45) is 0. The average molecular weight is 524 g/mol. The van der Waals surface area contributed by atoms with Crippen LogP contribution in [0.5, 0.6) is 5.75 Å². The molecule has 11 heteroatoms. The van der Waals surface area contributed by atoms with E-state index in [1.54, 1.807) is 42.5 Å². The van der Waals surface area contributed by atoms with Crippen LogP contribution in [-0.4, -0.2) is 50.3 Å². The maximum absolute atomic E-state index is 13.0. The first-order valence-electron chi connectivity index (χ1n) is 11.2. The molecular formula is C26H25N3O7S. The Hall–Kier alpha value is -4.30. The summed E-state index contributed by atoms with van der Waals surface area (Å²) in [6.45, 7) is 2.31. The van der Waals surface area contributed by atoms with Gasteiger partial charge in [0, 0.05) is 5.92 Å². The van der Waals surface area contributed by atoms with Gasteiger partial charge in [0.15, 0.2) is 0 Å². The lowest BCUT2D eigenvalue weighted by Crippen LogP contribution is -2.44. The van der Waals surface area contributed by atoms with Crippen molar-refractivity contribution in [3.63, 3.8) is 0 Å². The van der Waals surface area contributed by atoms with E-state index >= 15 is 0 Å². The number of para-hydroxylation sites is 1. The van der Waals surface area contributed by atoms with Gasteiger partial charge in [0.2, 0.25) is 11.8 Å². The van der Waals surface area contributed by atoms with Gasteiger partial charge in [0.05, 0.1) is 54.5 Å². The Bertz CT molecular complexity index is 1270. The fourth-order valence-electron chi connectivity index (χ4n) is 3.82. The van der Waals surface area contributed by atoms with Crippen LogP contribution in [0, 0.1) is 17.2 Å². The molecule has 1 heterocycles. The van der Waals surface area contributed by atoms with Gasteiger partial charge in [-0.1, -0.05) is 36.0 Å². The molecule has 37 heavy (non-hydrogen) atoms. The van der Waals surface area contributed by atoms with E-state index in [1.807, 2.05) is 6.92 Å². The Morgan fingerprint density at radius 3 is 2.41 bits per heavy atom. The first-order chi connectivity index (χ1) is 17.8. The molecule has 192 valence electrons. The number of nitrogens with zero attached hydrogens (tertiary/aromatic N) is 1. The average Bonchev–Trinajstić information content (AvgIpc) is 2.91. The first kappa shape index (κ1) is 27.3. The smallest absolute Gasteiger partial charge is 0.339 e. The molecule has 0 unspecified atom stereocenters. The number of carbonyl (C=O) groups is 4. The third kappa shape index (κ3) is 6.29. The van der Waals surface area contributed by atoms with Crippen molar-refractivity contribution in [2.45, 2.75) is 12.8 Å². The number of methoxy groups -OCH3 is 2. The van der Waals surface area contributed by atoms with Crippen LogP contribution < -0.4 is 15.4 Å². The summed E-state index contributed by atoms with van der Waals surface area (Å²) < 4.78 is 15.0. The lowest BCUT2D eigenvalue weighted by atomic mass is 9.78. The van der Waals surface area contributed by atoms with Crippen molar-refractivity contribution < 1.29 is 33.4 Å². The van der Waals surface area contributed by atoms with Crippen molar-refractivity contribution in [1.82, 2.24) is 5.32 Å². The van der Waals surface area contributed by atoms with Gasteiger partial charge in [0.1, 0.15) is 11.7 Å². The number of benzene rings is 2. The van der Waals surface area contributed by atoms with Crippen molar-refractivity contribution >= 4 is 41.2 Å². The molecule has 2 N–H and O–H groups in total. The molecule has 2 atom stereocenters. The second kappa shape index (κ2) is 12.6. The highest BCUT2D eigenvalue weighted by Crippen LogP contribution is 2.40. The topological polar surface area (TPSA) is 144 Å². The number of hydrogen-bond donors (Lipinski definition) is 2. The number of nitrogens with one attached hydrogen (secondary N) is 2. The molecular weight excluding hydrogens is 498 g/mol. The van der Waals surface area contributed by atoms with Crippen LogP contribution in [0.1, 0.15) is 28.8 Å². The molecule has 2 amide bonds. The van der Waals surface area contributed by atoms with Crippen LogP contribution in [0.4, 0.5) is 5.69 Å². The molecule has 0 spiro atoms. The molecule has 0 saturated heterocycles. The van der Waals surface area contributed by atoms with E-state index in [0.717, 1.165) is 11.8 Å². The zero-order chi connectivity index (χ0) is 26.9. The van der Waals surface area contributed by atoms with Crippen molar-refractivity contribution in [1.29, 1.82) is 5.26 Å². The summed E-state index contributed by atoms with van der Waals surface area (Å²) >= 11 is 0.932. The number of anilines is 1. The van der Waals surface area contributed by atoms with E-state index in [-0.39, 0.29) is 27.6 Å². The fraction of sp³-hybridized carbons (Fsp3) is 0.269. The molecule has 0 aromatic heterocycles. The summed E-state index contributed by atoms with van der Waals surface area (Å²) in [5.74, 6) is -4.32. The number of carbonyl (C=O) groups excluding carboxylic acids is 4. The zero-order valence-electron chi connectivity index (χ0n) is 20.4. The molecule has 10 nitrogen and oxygen atoms in total. The molecule has 0 bridgehead atoms. The predicted octanol–water partition coefficient (Wildman–Crippen LogP) is 2.98. The summed E-state index contributed by atoms with van der Waals surface area (Å²) in [7, 11) is 2.40. The summed E-state index contributed by atoms with van der Waals surface area (Å²) in [5, 5.41) is 15.4. The molecule has 0 radical (unpaired) electrons. The largest absolute Gasteiger partial charge is 0.494 e. The molecule has 2 aromatic rings. The monoisotopic (exact) mass is 523 g/mol. The van der Waals surface area contributed by atoms with Gasteiger partial charge >= 0.3 is 11.9 Å². The fourth-order valence-corrected chi connectivity index (χ4v) is 4.67. The van der Waals surface area contributed by atoms with E-state index in [1.165, 1.54) is 20.3 Å². The Morgan fingerprint density at radius 1 is 1.08 bits per heavy atom. The van der Waals surface area contributed by atoms with E-state index < -0.39 is 35.6 Å². The van der Waals surface area contributed by atoms with Gasteiger partial charge in [-0.2, -0.15) is 5.26 Å². The Balaban J connectivity index is 1.88. The van der Waals surface area contributed by atoms with Gasteiger partial charge in [-0.15, -0.1) is 0 Å². The van der Waals surface area contributed by atoms with Crippen LogP contribution in [-0.2, 0) is 23.9 Å². The minimum Gasteiger partial charge on any atom is -0.494 e. The molecule has 0 saturated carbocycles. The third-order valence-corrected chi connectivity index (χ3v) is 6.51. The standard InChI is InChI=1S/C26H25N3O7S/c1-4-36-16-11-9-15(10-12-16)21-18(13-27)24(29-23(31)22(21)26(33)35-3)37-14-20(30)28-19-8-6-5-7-17(19)25(32)34-2/h5-12,21-22H,4,14H2,1-3H3,(H,28,30)(H,29,31)/t21-,22-/m0/s1. The second-order valence-corrected chi connectivity index (χ2v) is 8.68. The van der Waals surface area contributed by atoms with E-state index in [9.17, 15) is 24.4 Å². The van der Waals surface area contributed by atoms with Gasteiger partial charge in [-0.05, 0) is 36.8 Å². The van der Waals surface area contributed by atoms with Crippen LogP contribution in [0.25, 0.3) is 0 Å². The quantitative estimate of drug-likeness (QED) is 0.374. The molecule has 0 fully saturated rings.